The number of hydrogen-bond acceptors (Lipinski definition) is 6. The molecule has 8 nitrogen and oxygen atoms in total. The van der Waals surface area contributed by atoms with Crippen LogP contribution in [0.2, 0.25) is 5.02 Å². The molecule has 2 aromatic rings. The van der Waals surface area contributed by atoms with Crippen molar-refractivity contribution in [1.29, 1.82) is 0 Å². The molecule has 0 aliphatic carbocycles. The second-order valence-electron chi connectivity index (χ2n) is 7.18. The molecule has 1 saturated heterocycles. The van der Waals surface area contributed by atoms with E-state index in [0.717, 1.165) is 10.5 Å². The molecule has 9 heteroatoms. The van der Waals surface area contributed by atoms with Gasteiger partial charge in [0.1, 0.15) is 11.3 Å². The first-order valence-corrected chi connectivity index (χ1v) is 9.63. The third-order valence-electron chi connectivity index (χ3n) is 5.32. The van der Waals surface area contributed by atoms with E-state index in [0.29, 0.717) is 40.0 Å². The van der Waals surface area contributed by atoms with Gasteiger partial charge in [-0.15, -0.1) is 0 Å². The highest BCUT2D eigenvalue weighted by Crippen LogP contribution is 2.37. The summed E-state index contributed by atoms with van der Waals surface area (Å²) >= 11 is 6.21. The van der Waals surface area contributed by atoms with Crippen molar-refractivity contribution in [2.75, 3.05) is 21.0 Å². The largest absolute Gasteiger partial charge is 0.493 e. The molecule has 2 aliphatic heterocycles. The Hall–Kier alpha value is -2.97. The van der Waals surface area contributed by atoms with Crippen molar-refractivity contribution in [3.05, 3.63) is 52.0 Å². The SMILES string of the molecule is COc1ccc([C@@]2(C)NC(=O)N(Cc3cc(Cl)cc4c3OCOC4)C2=O)cc1OC. The summed E-state index contributed by atoms with van der Waals surface area (Å²) < 4.78 is 21.5. The van der Waals surface area contributed by atoms with Gasteiger partial charge in [-0.05, 0) is 36.8 Å². The second-order valence-corrected chi connectivity index (χ2v) is 7.62. The van der Waals surface area contributed by atoms with Crippen LogP contribution < -0.4 is 19.5 Å². The normalized spacial score (nSPS) is 20.5. The van der Waals surface area contributed by atoms with Crippen LogP contribution in [0.15, 0.2) is 30.3 Å². The molecule has 4 rings (SSSR count). The number of fused-ring (bicyclic) bond motifs is 1. The number of carbonyl (C=O) groups is 2. The average Bonchev–Trinajstić information content (AvgIpc) is 2.97. The van der Waals surface area contributed by atoms with Gasteiger partial charge >= 0.3 is 6.03 Å². The Morgan fingerprint density at radius 1 is 1.17 bits per heavy atom. The lowest BCUT2D eigenvalue weighted by molar-refractivity contribution is -0.131. The number of ether oxygens (including phenoxy) is 4. The van der Waals surface area contributed by atoms with Crippen LogP contribution in [-0.4, -0.2) is 37.9 Å². The zero-order valence-corrected chi connectivity index (χ0v) is 17.5. The number of rotatable bonds is 5. The third kappa shape index (κ3) is 3.32. The molecule has 1 N–H and O–H groups in total. The van der Waals surface area contributed by atoms with Crippen molar-refractivity contribution in [2.24, 2.45) is 0 Å². The van der Waals surface area contributed by atoms with Gasteiger partial charge in [0.15, 0.2) is 18.3 Å². The van der Waals surface area contributed by atoms with E-state index in [2.05, 4.69) is 5.32 Å². The third-order valence-corrected chi connectivity index (χ3v) is 5.53. The van der Waals surface area contributed by atoms with Gasteiger partial charge in [0.05, 0.1) is 27.4 Å². The van der Waals surface area contributed by atoms with Gasteiger partial charge in [-0.2, -0.15) is 0 Å². The molecule has 1 atom stereocenters. The highest BCUT2D eigenvalue weighted by atomic mass is 35.5. The summed E-state index contributed by atoms with van der Waals surface area (Å²) in [4.78, 5) is 27.2. The number of imide groups is 1. The van der Waals surface area contributed by atoms with E-state index in [1.165, 1.54) is 14.2 Å². The van der Waals surface area contributed by atoms with Crippen LogP contribution in [0.5, 0.6) is 17.2 Å². The molecule has 2 aromatic carbocycles. The number of methoxy groups -OCH3 is 2. The fourth-order valence-electron chi connectivity index (χ4n) is 3.73. The van der Waals surface area contributed by atoms with Crippen molar-refractivity contribution in [3.8, 4) is 17.2 Å². The van der Waals surface area contributed by atoms with Gasteiger partial charge in [0.2, 0.25) is 0 Å². The minimum absolute atomic E-state index is 0.0242. The van der Waals surface area contributed by atoms with Crippen LogP contribution in [0.3, 0.4) is 0 Å². The van der Waals surface area contributed by atoms with Gasteiger partial charge in [-0.25, -0.2) is 4.79 Å². The number of urea groups is 1. The number of nitrogens with zero attached hydrogens (tertiary/aromatic N) is 1. The quantitative estimate of drug-likeness (QED) is 0.730. The topological polar surface area (TPSA) is 86.3 Å². The fraction of sp³-hybridized carbons (Fsp3) is 0.333. The number of nitrogens with one attached hydrogen (secondary N) is 1. The molecular formula is C21H21ClN2O6. The summed E-state index contributed by atoms with van der Waals surface area (Å²) in [5, 5.41) is 3.27. The van der Waals surface area contributed by atoms with Crippen LogP contribution in [0.25, 0.3) is 0 Å². The summed E-state index contributed by atoms with van der Waals surface area (Å²) in [6.45, 7) is 2.14. The highest BCUT2D eigenvalue weighted by molar-refractivity contribution is 6.30. The van der Waals surface area contributed by atoms with Crippen molar-refractivity contribution >= 4 is 23.5 Å². The summed E-state index contributed by atoms with van der Waals surface area (Å²) in [7, 11) is 3.04. The zero-order valence-electron chi connectivity index (χ0n) is 16.8. The first-order chi connectivity index (χ1) is 14.4. The maximum atomic E-state index is 13.3. The molecule has 0 unspecified atom stereocenters. The molecule has 0 bridgehead atoms. The molecule has 30 heavy (non-hydrogen) atoms. The standard InChI is InChI=1S/C21H21ClN2O6/c1-21(14-4-5-16(27-2)17(8-14)28-3)19(25)24(20(26)23-21)9-12-6-15(22)7-13-10-29-11-30-18(12)13/h4-8H,9-11H2,1-3H3,(H,23,26)/t21-/m1/s1. The minimum Gasteiger partial charge on any atom is -0.493 e. The van der Waals surface area contributed by atoms with Crippen molar-refractivity contribution in [1.82, 2.24) is 10.2 Å². The van der Waals surface area contributed by atoms with Crippen LogP contribution in [0.1, 0.15) is 23.6 Å². The Bertz CT molecular complexity index is 1030. The smallest absolute Gasteiger partial charge is 0.325 e. The van der Waals surface area contributed by atoms with Crippen molar-refractivity contribution < 1.29 is 28.5 Å². The van der Waals surface area contributed by atoms with E-state index in [4.69, 9.17) is 30.5 Å². The van der Waals surface area contributed by atoms with Crippen LogP contribution in [0, 0.1) is 0 Å². The Balaban J connectivity index is 1.66. The number of hydrogen-bond donors (Lipinski definition) is 1. The number of benzene rings is 2. The lowest BCUT2D eigenvalue weighted by Gasteiger charge is -2.25. The molecule has 3 amide bonds. The maximum absolute atomic E-state index is 13.3. The first kappa shape index (κ1) is 20.3. The maximum Gasteiger partial charge on any atom is 0.325 e. The van der Waals surface area contributed by atoms with Crippen molar-refractivity contribution in [2.45, 2.75) is 25.6 Å². The molecular weight excluding hydrogens is 412 g/mol. The van der Waals surface area contributed by atoms with E-state index >= 15 is 0 Å². The van der Waals surface area contributed by atoms with Gasteiger partial charge in [-0.1, -0.05) is 17.7 Å². The second kappa shape index (κ2) is 7.70. The molecule has 158 valence electrons. The van der Waals surface area contributed by atoms with E-state index < -0.39 is 11.6 Å². The lowest BCUT2D eigenvalue weighted by Crippen LogP contribution is -2.40. The number of halogens is 1. The Labute approximate surface area is 178 Å². The van der Waals surface area contributed by atoms with E-state index in [1.807, 2.05) is 0 Å². The highest BCUT2D eigenvalue weighted by Gasteiger charge is 2.49. The van der Waals surface area contributed by atoms with Gasteiger partial charge in [-0.3, -0.25) is 9.69 Å². The van der Waals surface area contributed by atoms with Crippen molar-refractivity contribution in [3.63, 3.8) is 0 Å². The predicted octanol–water partition coefficient (Wildman–Crippen LogP) is 3.19. The molecule has 1 fully saturated rings. The van der Waals surface area contributed by atoms with Crippen LogP contribution in [0.4, 0.5) is 4.79 Å². The Morgan fingerprint density at radius 3 is 2.67 bits per heavy atom. The van der Waals surface area contributed by atoms with E-state index in [-0.39, 0.29) is 19.2 Å². The minimum atomic E-state index is -1.25. The van der Waals surface area contributed by atoms with Gasteiger partial charge in [0, 0.05) is 16.1 Å². The summed E-state index contributed by atoms with van der Waals surface area (Å²) in [6, 6.07) is 8.05. The van der Waals surface area contributed by atoms with Crippen LogP contribution >= 0.6 is 11.6 Å². The molecule has 2 aliphatic rings. The summed E-state index contributed by atoms with van der Waals surface area (Å²) in [6.07, 6.45) is 0. The number of carbonyl (C=O) groups excluding carboxylic acids is 2. The molecule has 0 spiro atoms. The summed E-state index contributed by atoms with van der Waals surface area (Å²) in [5.41, 5.74) is 0.747. The molecule has 2 heterocycles. The summed E-state index contributed by atoms with van der Waals surface area (Å²) in [5.74, 6) is 1.20. The van der Waals surface area contributed by atoms with Gasteiger partial charge in [0.25, 0.3) is 5.91 Å². The number of amides is 3. The zero-order chi connectivity index (χ0) is 21.5. The Morgan fingerprint density at radius 2 is 1.93 bits per heavy atom. The molecule has 0 radical (unpaired) electrons. The average molecular weight is 433 g/mol. The monoisotopic (exact) mass is 432 g/mol. The van der Waals surface area contributed by atoms with E-state index in [1.54, 1.807) is 37.3 Å². The molecule has 0 saturated carbocycles. The lowest BCUT2D eigenvalue weighted by atomic mass is 9.91. The Kier molecular flexibility index (Phi) is 5.21. The van der Waals surface area contributed by atoms with Gasteiger partial charge < -0.3 is 24.3 Å². The van der Waals surface area contributed by atoms with Crippen LogP contribution in [-0.2, 0) is 28.2 Å². The van der Waals surface area contributed by atoms with E-state index in [9.17, 15) is 9.59 Å². The fourth-order valence-corrected chi connectivity index (χ4v) is 3.99. The predicted molar refractivity (Wildman–Crippen MR) is 108 cm³/mol. The first-order valence-electron chi connectivity index (χ1n) is 9.26. The molecule has 0 aromatic heterocycles.